The van der Waals surface area contributed by atoms with Crippen LogP contribution in [0.1, 0.15) is 76.7 Å². The third kappa shape index (κ3) is 8.20. The number of nitrogens with zero attached hydrogens (tertiary/aromatic N) is 2. The van der Waals surface area contributed by atoms with Gasteiger partial charge in [0.2, 0.25) is 0 Å². The van der Waals surface area contributed by atoms with Gasteiger partial charge in [-0.25, -0.2) is 0 Å². The van der Waals surface area contributed by atoms with Crippen molar-refractivity contribution in [3.05, 3.63) is 48.1 Å². The zero-order valence-corrected chi connectivity index (χ0v) is 22.1. The number of allylic oxidation sites excluding steroid dienone is 1. The van der Waals surface area contributed by atoms with E-state index >= 15 is 0 Å². The lowest BCUT2D eigenvalue weighted by Crippen LogP contribution is -2.50. The molecule has 0 aromatic heterocycles. The normalized spacial score (nSPS) is 19.6. The van der Waals surface area contributed by atoms with Crippen LogP contribution >= 0.6 is 0 Å². The van der Waals surface area contributed by atoms with Crippen molar-refractivity contribution >= 4 is 17.2 Å². The summed E-state index contributed by atoms with van der Waals surface area (Å²) in [4.78, 5) is 15.1. The van der Waals surface area contributed by atoms with E-state index < -0.39 is 5.60 Å². The summed E-state index contributed by atoms with van der Waals surface area (Å²) < 4.78 is 6.18. The van der Waals surface area contributed by atoms with Crippen LogP contribution in [0, 0.1) is 0 Å². The molecule has 1 saturated carbocycles. The standard InChI is InChI=1S/C29H44N4O3/c1-4-5-11-27(32-30)26(23-12-14-25(15-13-23)36-24-9-7-6-8-10-24)20-22(2)28(34)31-21-29(35)16-18-33(3)19-17-29/h12-15,20,24,35H,2,4-11,16-19,21,30H2,1,3H3,(H,31,34)/b26-20-,32-27-. The van der Waals surface area contributed by atoms with E-state index in [9.17, 15) is 9.90 Å². The van der Waals surface area contributed by atoms with E-state index in [-0.39, 0.29) is 18.6 Å². The Morgan fingerprint density at radius 2 is 1.92 bits per heavy atom. The number of hydrogen-bond acceptors (Lipinski definition) is 6. The molecule has 1 aliphatic carbocycles. The molecular formula is C29H44N4O3. The number of ether oxygens (including phenoxy) is 1. The maximum Gasteiger partial charge on any atom is 0.250 e. The molecular weight excluding hydrogens is 452 g/mol. The Hall–Kier alpha value is -2.64. The molecule has 198 valence electrons. The monoisotopic (exact) mass is 496 g/mol. The van der Waals surface area contributed by atoms with E-state index in [2.05, 4.69) is 28.8 Å². The number of aliphatic hydroxyl groups is 1. The number of nitrogens with one attached hydrogen (secondary N) is 1. The number of benzene rings is 1. The number of carbonyl (C=O) groups is 1. The maximum absolute atomic E-state index is 12.9. The number of rotatable bonds is 11. The molecule has 7 heteroatoms. The molecule has 4 N–H and O–H groups in total. The summed E-state index contributed by atoms with van der Waals surface area (Å²) in [5, 5.41) is 17.8. The molecule has 7 nitrogen and oxygen atoms in total. The van der Waals surface area contributed by atoms with Gasteiger partial charge in [0.15, 0.2) is 0 Å². The molecule has 0 bridgehead atoms. The number of hydrogen-bond donors (Lipinski definition) is 3. The van der Waals surface area contributed by atoms with Crippen LogP contribution in [0.5, 0.6) is 5.75 Å². The number of piperidine rings is 1. The Bertz CT molecular complexity index is 924. The van der Waals surface area contributed by atoms with E-state index in [1.54, 1.807) is 6.08 Å². The summed E-state index contributed by atoms with van der Waals surface area (Å²) in [6.07, 6.45) is 11.9. The first kappa shape index (κ1) is 27.9. The van der Waals surface area contributed by atoms with Gasteiger partial charge in [-0.15, -0.1) is 0 Å². The third-order valence-electron chi connectivity index (χ3n) is 7.36. The lowest BCUT2D eigenvalue weighted by molar-refractivity contribution is -0.119. The molecule has 0 spiro atoms. The minimum absolute atomic E-state index is 0.211. The highest BCUT2D eigenvalue weighted by Gasteiger charge is 2.31. The second-order valence-electron chi connectivity index (χ2n) is 10.4. The Kier molecular flexibility index (Phi) is 10.6. The first-order valence-corrected chi connectivity index (χ1v) is 13.5. The van der Waals surface area contributed by atoms with Crippen molar-refractivity contribution in [2.24, 2.45) is 10.9 Å². The summed E-state index contributed by atoms with van der Waals surface area (Å²) in [6, 6.07) is 7.94. The Labute approximate surface area is 216 Å². The fourth-order valence-electron chi connectivity index (χ4n) is 4.84. The van der Waals surface area contributed by atoms with Gasteiger partial charge in [-0.3, -0.25) is 4.79 Å². The average Bonchev–Trinajstić information content (AvgIpc) is 2.90. The number of likely N-dealkylation sites (tertiary alicyclic amines) is 1. The van der Waals surface area contributed by atoms with Crippen LogP contribution in [-0.2, 0) is 4.79 Å². The van der Waals surface area contributed by atoms with Gasteiger partial charge in [-0.1, -0.05) is 38.5 Å². The number of amides is 1. The molecule has 1 aromatic rings. The van der Waals surface area contributed by atoms with Gasteiger partial charge in [-0.05, 0) is 82.2 Å². The van der Waals surface area contributed by atoms with Gasteiger partial charge in [0.25, 0.3) is 5.91 Å². The van der Waals surface area contributed by atoms with Crippen molar-refractivity contribution < 1.29 is 14.6 Å². The number of nitrogens with two attached hydrogens (primary N) is 1. The van der Waals surface area contributed by atoms with Gasteiger partial charge in [0.1, 0.15) is 5.75 Å². The fourth-order valence-corrected chi connectivity index (χ4v) is 4.84. The first-order valence-electron chi connectivity index (χ1n) is 13.5. The molecule has 1 aliphatic heterocycles. The lowest BCUT2D eigenvalue weighted by atomic mass is 9.91. The van der Waals surface area contributed by atoms with Crippen molar-refractivity contribution in [2.45, 2.75) is 82.8 Å². The van der Waals surface area contributed by atoms with Gasteiger partial charge in [0, 0.05) is 30.8 Å². The number of carbonyl (C=O) groups excluding carboxylic acids is 1. The second-order valence-corrected chi connectivity index (χ2v) is 10.4. The van der Waals surface area contributed by atoms with E-state index in [1.807, 2.05) is 31.3 Å². The molecule has 2 fully saturated rings. The Morgan fingerprint density at radius 3 is 2.53 bits per heavy atom. The predicted molar refractivity (Wildman–Crippen MR) is 147 cm³/mol. The first-order chi connectivity index (χ1) is 17.3. The summed E-state index contributed by atoms with van der Waals surface area (Å²) in [6.45, 7) is 7.96. The Balaban J connectivity index is 1.72. The number of unbranched alkanes of at least 4 members (excludes halogenated alkanes) is 1. The largest absolute Gasteiger partial charge is 0.490 e. The highest BCUT2D eigenvalue weighted by Crippen LogP contribution is 2.27. The van der Waals surface area contributed by atoms with Crippen LogP contribution in [0.25, 0.3) is 5.57 Å². The minimum Gasteiger partial charge on any atom is -0.490 e. The highest BCUT2D eigenvalue weighted by molar-refractivity contribution is 6.25. The van der Waals surface area contributed by atoms with Gasteiger partial charge in [0.05, 0.1) is 17.4 Å². The van der Waals surface area contributed by atoms with Crippen LogP contribution in [0.2, 0.25) is 0 Å². The summed E-state index contributed by atoms with van der Waals surface area (Å²) in [5.41, 5.74) is 1.86. The molecule has 2 aliphatic rings. The van der Waals surface area contributed by atoms with Crippen LogP contribution < -0.4 is 15.9 Å². The van der Waals surface area contributed by atoms with Crippen molar-refractivity contribution in [1.82, 2.24) is 10.2 Å². The molecule has 3 rings (SSSR count). The summed E-state index contributed by atoms with van der Waals surface area (Å²) >= 11 is 0. The molecule has 1 heterocycles. The van der Waals surface area contributed by atoms with Gasteiger partial charge >= 0.3 is 0 Å². The number of hydrazone groups is 1. The molecule has 1 amide bonds. The zero-order chi connectivity index (χ0) is 26.0. The SMILES string of the molecule is C=C(/C=C(\C(CCCC)=N/N)c1ccc(OC2CCCCC2)cc1)C(=O)NCC1(O)CCN(C)CC1. The smallest absolute Gasteiger partial charge is 0.250 e. The van der Waals surface area contributed by atoms with Crippen LogP contribution in [-0.4, -0.2) is 60.0 Å². The van der Waals surface area contributed by atoms with E-state index in [4.69, 9.17) is 10.6 Å². The van der Waals surface area contributed by atoms with Crippen molar-refractivity contribution in [2.75, 3.05) is 26.7 Å². The average molecular weight is 497 g/mol. The van der Waals surface area contributed by atoms with Crippen LogP contribution in [0.3, 0.4) is 0 Å². The maximum atomic E-state index is 12.9. The van der Waals surface area contributed by atoms with Crippen molar-refractivity contribution in [3.63, 3.8) is 0 Å². The topological polar surface area (TPSA) is 100 Å². The van der Waals surface area contributed by atoms with E-state index in [0.717, 1.165) is 61.4 Å². The predicted octanol–water partition coefficient (Wildman–Crippen LogP) is 4.42. The highest BCUT2D eigenvalue weighted by atomic mass is 16.5. The lowest BCUT2D eigenvalue weighted by Gasteiger charge is -2.36. The molecule has 36 heavy (non-hydrogen) atoms. The minimum atomic E-state index is -0.881. The van der Waals surface area contributed by atoms with Gasteiger partial charge < -0.3 is 25.9 Å². The molecule has 1 aromatic carbocycles. The summed E-state index contributed by atoms with van der Waals surface area (Å²) in [5.74, 6) is 6.35. The van der Waals surface area contributed by atoms with Crippen molar-refractivity contribution in [1.29, 1.82) is 0 Å². The fraction of sp³-hybridized carbons (Fsp3) is 0.586. The second kappa shape index (κ2) is 13.6. The summed E-state index contributed by atoms with van der Waals surface area (Å²) in [7, 11) is 2.04. The quantitative estimate of drug-likeness (QED) is 0.138. The van der Waals surface area contributed by atoms with Crippen molar-refractivity contribution in [3.8, 4) is 5.75 Å². The molecule has 0 unspecified atom stereocenters. The molecule has 1 saturated heterocycles. The Morgan fingerprint density at radius 1 is 1.25 bits per heavy atom. The van der Waals surface area contributed by atoms with E-state index in [0.29, 0.717) is 24.8 Å². The molecule has 0 radical (unpaired) electrons. The third-order valence-corrected chi connectivity index (χ3v) is 7.36. The van der Waals surface area contributed by atoms with E-state index in [1.165, 1.54) is 19.3 Å². The molecule has 0 atom stereocenters. The zero-order valence-electron chi connectivity index (χ0n) is 22.1. The van der Waals surface area contributed by atoms with Crippen LogP contribution in [0.4, 0.5) is 0 Å². The van der Waals surface area contributed by atoms with Crippen LogP contribution in [0.15, 0.2) is 47.6 Å². The van der Waals surface area contributed by atoms with Gasteiger partial charge in [-0.2, -0.15) is 5.10 Å².